The molecule has 0 amide bonds. The highest BCUT2D eigenvalue weighted by Crippen LogP contribution is 2.23. The van der Waals surface area contributed by atoms with E-state index in [1.54, 1.807) is 7.11 Å². The zero-order chi connectivity index (χ0) is 19.1. The van der Waals surface area contributed by atoms with Crippen LogP contribution in [0.15, 0.2) is 78.9 Å². The molecule has 138 valence electrons. The first-order valence-corrected chi connectivity index (χ1v) is 8.86. The summed E-state index contributed by atoms with van der Waals surface area (Å²) in [5.41, 5.74) is 4.22. The summed E-state index contributed by atoms with van der Waals surface area (Å²) in [6.45, 7) is 1.49. The number of benzene rings is 3. The molecule has 27 heavy (non-hydrogen) atoms. The van der Waals surface area contributed by atoms with Crippen LogP contribution in [0.4, 0.5) is 5.69 Å². The van der Waals surface area contributed by atoms with E-state index in [-0.39, 0.29) is 6.42 Å². The highest BCUT2D eigenvalue weighted by atomic mass is 16.5. The second kappa shape index (κ2) is 8.90. The molecule has 0 aliphatic rings. The van der Waals surface area contributed by atoms with E-state index in [4.69, 9.17) is 9.84 Å². The van der Waals surface area contributed by atoms with Crippen LogP contribution in [0.1, 0.15) is 16.7 Å². The second-order valence-electron chi connectivity index (χ2n) is 6.43. The maximum absolute atomic E-state index is 10.9. The quantitative estimate of drug-likeness (QED) is 0.640. The third kappa shape index (κ3) is 5.35. The van der Waals surface area contributed by atoms with Crippen LogP contribution in [0.25, 0.3) is 0 Å². The Labute approximate surface area is 159 Å². The summed E-state index contributed by atoms with van der Waals surface area (Å²) in [7, 11) is 1.67. The molecule has 0 aromatic heterocycles. The average Bonchev–Trinajstić information content (AvgIpc) is 2.69. The number of aliphatic carboxylic acids is 1. The largest absolute Gasteiger partial charge is 0.497 e. The minimum absolute atomic E-state index is 0.0366. The van der Waals surface area contributed by atoms with Crippen molar-refractivity contribution in [2.24, 2.45) is 0 Å². The lowest BCUT2D eigenvalue weighted by molar-refractivity contribution is -0.136. The molecule has 0 unspecified atom stereocenters. The Morgan fingerprint density at radius 1 is 0.852 bits per heavy atom. The molecule has 0 bridgehead atoms. The van der Waals surface area contributed by atoms with Gasteiger partial charge in [0.1, 0.15) is 5.75 Å². The number of hydrogen-bond donors (Lipinski definition) is 1. The van der Waals surface area contributed by atoms with Crippen molar-refractivity contribution in [1.29, 1.82) is 0 Å². The van der Waals surface area contributed by atoms with Crippen molar-refractivity contribution in [3.8, 4) is 5.75 Å². The van der Waals surface area contributed by atoms with Gasteiger partial charge in [0.25, 0.3) is 0 Å². The molecular weight excluding hydrogens is 338 g/mol. The Bertz CT molecular complexity index is 876. The molecule has 0 saturated heterocycles. The molecule has 4 nitrogen and oxygen atoms in total. The molecule has 3 aromatic carbocycles. The molecule has 0 radical (unpaired) electrons. The summed E-state index contributed by atoms with van der Waals surface area (Å²) in [5.74, 6) is 0.0178. The molecule has 0 saturated carbocycles. The standard InChI is InChI=1S/C23H23NO3/c1-27-22-9-5-8-20(14-22)17-24(16-19-6-3-2-4-7-19)21-12-10-18(11-13-21)15-23(25)26/h2-14H,15-17H2,1H3,(H,25,26). The normalized spacial score (nSPS) is 10.4. The van der Waals surface area contributed by atoms with Crippen LogP contribution in [-0.4, -0.2) is 18.2 Å². The number of hydrogen-bond acceptors (Lipinski definition) is 3. The fraction of sp³-hybridized carbons (Fsp3) is 0.174. The highest BCUT2D eigenvalue weighted by Gasteiger charge is 2.10. The fourth-order valence-electron chi connectivity index (χ4n) is 3.03. The molecule has 1 N–H and O–H groups in total. The summed E-state index contributed by atoms with van der Waals surface area (Å²) < 4.78 is 5.34. The average molecular weight is 361 g/mol. The Hall–Kier alpha value is -3.27. The minimum atomic E-state index is -0.819. The number of carboxylic acid groups (broad SMARTS) is 1. The van der Waals surface area contributed by atoms with Gasteiger partial charge in [-0.15, -0.1) is 0 Å². The smallest absolute Gasteiger partial charge is 0.307 e. The van der Waals surface area contributed by atoms with Crippen LogP contribution in [0.2, 0.25) is 0 Å². The van der Waals surface area contributed by atoms with Gasteiger partial charge in [-0.05, 0) is 41.0 Å². The van der Waals surface area contributed by atoms with Crippen molar-refractivity contribution >= 4 is 11.7 Å². The summed E-state index contributed by atoms with van der Waals surface area (Å²) in [4.78, 5) is 13.2. The van der Waals surface area contributed by atoms with Crippen molar-refractivity contribution in [1.82, 2.24) is 0 Å². The van der Waals surface area contributed by atoms with E-state index >= 15 is 0 Å². The van der Waals surface area contributed by atoms with Crippen LogP contribution in [0.5, 0.6) is 5.75 Å². The topological polar surface area (TPSA) is 49.8 Å². The molecule has 3 rings (SSSR count). The van der Waals surface area contributed by atoms with Gasteiger partial charge in [0, 0.05) is 18.8 Å². The van der Waals surface area contributed by atoms with E-state index in [2.05, 4.69) is 23.1 Å². The van der Waals surface area contributed by atoms with Crippen molar-refractivity contribution in [3.63, 3.8) is 0 Å². The van der Waals surface area contributed by atoms with Crippen LogP contribution >= 0.6 is 0 Å². The van der Waals surface area contributed by atoms with E-state index < -0.39 is 5.97 Å². The highest BCUT2D eigenvalue weighted by molar-refractivity contribution is 5.70. The lowest BCUT2D eigenvalue weighted by atomic mass is 10.1. The van der Waals surface area contributed by atoms with Gasteiger partial charge in [0.05, 0.1) is 13.5 Å². The second-order valence-corrected chi connectivity index (χ2v) is 6.43. The lowest BCUT2D eigenvalue weighted by Crippen LogP contribution is -2.22. The molecule has 0 aliphatic heterocycles. The molecule has 3 aromatic rings. The summed E-state index contributed by atoms with van der Waals surface area (Å²) in [6, 6.07) is 26.1. The van der Waals surface area contributed by atoms with Gasteiger partial charge in [-0.3, -0.25) is 4.79 Å². The zero-order valence-corrected chi connectivity index (χ0v) is 15.3. The zero-order valence-electron chi connectivity index (χ0n) is 15.3. The van der Waals surface area contributed by atoms with Crippen molar-refractivity contribution in [2.45, 2.75) is 19.5 Å². The first-order valence-electron chi connectivity index (χ1n) is 8.86. The summed E-state index contributed by atoms with van der Waals surface area (Å²) in [5, 5.41) is 8.96. The fourth-order valence-corrected chi connectivity index (χ4v) is 3.03. The maximum atomic E-state index is 10.9. The van der Waals surface area contributed by atoms with Gasteiger partial charge in [0.15, 0.2) is 0 Å². The van der Waals surface area contributed by atoms with Crippen LogP contribution in [-0.2, 0) is 24.3 Å². The van der Waals surface area contributed by atoms with E-state index in [0.717, 1.165) is 35.7 Å². The molecule has 0 atom stereocenters. The number of ether oxygens (including phenoxy) is 1. The first kappa shape index (κ1) is 18.5. The van der Waals surface area contributed by atoms with Gasteiger partial charge in [-0.25, -0.2) is 0 Å². The predicted octanol–water partition coefficient (Wildman–Crippen LogP) is 4.53. The molecule has 0 heterocycles. The van der Waals surface area contributed by atoms with Gasteiger partial charge >= 0.3 is 5.97 Å². The lowest BCUT2D eigenvalue weighted by Gasteiger charge is -2.25. The third-order valence-corrected chi connectivity index (χ3v) is 4.38. The SMILES string of the molecule is COc1cccc(CN(Cc2ccccc2)c2ccc(CC(=O)O)cc2)c1. The number of rotatable bonds is 8. The van der Waals surface area contributed by atoms with Crippen molar-refractivity contribution < 1.29 is 14.6 Å². The summed E-state index contributed by atoms with van der Waals surface area (Å²) >= 11 is 0. The first-order chi connectivity index (χ1) is 13.1. The number of nitrogens with zero attached hydrogens (tertiary/aromatic N) is 1. The van der Waals surface area contributed by atoms with Crippen LogP contribution in [0.3, 0.4) is 0 Å². The van der Waals surface area contributed by atoms with Gasteiger partial charge in [-0.2, -0.15) is 0 Å². The molecule has 0 spiro atoms. The number of anilines is 1. The third-order valence-electron chi connectivity index (χ3n) is 4.38. The van der Waals surface area contributed by atoms with Crippen molar-refractivity contribution in [3.05, 3.63) is 95.6 Å². The van der Waals surface area contributed by atoms with E-state index in [9.17, 15) is 4.79 Å². The van der Waals surface area contributed by atoms with E-state index in [1.807, 2.05) is 60.7 Å². The minimum Gasteiger partial charge on any atom is -0.497 e. The van der Waals surface area contributed by atoms with Gasteiger partial charge in [0.2, 0.25) is 0 Å². The Morgan fingerprint density at radius 3 is 2.19 bits per heavy atom. The monoisotopic (exact) mass is 361 g/mol. The Morgan fingerprint density at radius 2 is 1.52 bits per heavy atom. The Balaban J connectivity index is 1.85. The van der Waals surface area contributed by atoms with Crippen LogP contribution < -0.4 is 9.64 Å². The molecular formula is C23H23NO3. The van der Waals surface area contributed by atoms with E-state index in [0.29, 0.717) is 0 Å². The van der Waals surface area contributed by atoms with Crippen LogP contribution in [0, 0.1) is 0 Å². The van der Waals surface area contributed by atoms with E-state index in [1.165, 1.54) is 5.56 Å². The molecule has 4 heteroatoms. The number of methoxy groups -OCH3 is 1. The molecule has 0 fully saturated rings. The maximum Gasteiger partial charge on any atom is 0.307 e. The summed E-state index contributed by atoms with van der Waals surface area (Å²) in [6.07, 6.45) is 0.0366. The van der Waals surface area contributed by atoms with Gasteiger partial charge in [-0.1, -0.05) is 54.6 Å². The predicted molar refractivity (Wildman–Crippen MR) is 107 cm³/mol. The molecule has 0 aliphatic carbocycles. The van der Waals surface area contributed by atoms with Gasteiger partial charge < -0.3 is 14.7 Å². The number of carboxylic acids is 1. The number of carbonyl (C=O) groups is 1. The Kier molecular flexibility index (Phi) is 6.10. The van der Waals surface area contributed by atoms with Crippen molar-refractivity contribution in [2.75, 3.05) is 12.0 Å².